The molecule has 102 valence electrons. The summed E-state index contributed by atoms with van der Waals surface area (Å²) in [5.41, 5.74) is 0.340. The van der Waals surface area contributed by atoms with Crippen molar-refractivity contribution in [2.24, 2.45) is 0 Å². The summed E-state index contributed by atoms with van der Waals surface area (Å²) in [5.74, 6) is -0.386. The lowest BCUT2D eigenvalue weighted by Gasteiger charge is -2.10. The van der Waals surface area contributed by atoms with Crippen LogP contribution < -0.4 is 4.74 Å². The predicted molar refractivity (Wildman–Crippen MR) is 70.7 cm³/mol. The third kappa shape index (κ3) is 3.96. The van der Waals surface area contributed by atoms with E-state index in [0.29, 0.717) is 16.3 Å². The van der Waals surface area contributed by atoms with Gasteiger partial charge in [0.1, 0.15) is 12.2 Å². The average molecular weight is 283 g/mol. The fourth-order valence-corrected chi connectivity index (χ4v) is 1.80. The molecule has 19 heavy (non-hydrogen) atoms. The topological polar surface area (TPSA) is 52.6 Å². The quantitative estimate of drug-likeness (QED) is 0.457. The number of rotatable bonds is 6. The number of esters is 1. The van der Waals surface area contributed by atoms with Crippen LogP contribution in [-0.2, 0) is 9.53 Å². The summed E-state index contributed by atoms with van der Waals surface area (Å²) in [6.45, 7) is 1.95. The fourth-order valence-electron chi connectivity index (χ4n) is 1.63. The average Bonchev–Trinajstić information content (AvgIpc) is 3.15. The molecule has 0 saturated heterocycles. The number of carbonyl (C=O) groups excluding carboxylic acids is 2. The van der Waals surface area contributed by atoms with Gasteiger partial charge in [-0.15, -0.1) is 0 Å². The van der Waals surface area contributed by atoms with Crippen molar-refractivity contribution >= 4 is 23.4 Å². The molecule has 2 rings (SSSR count). The Kier molecular flexibility index (Phi) is 4.43. The molecule has 0 radical (unpaired) electrons. The number of carbonyl (C=O) groups is 2. The molecule has 0 amide bonds. The van der Waals surface area contributed by atoms with Gasteiger partial charge in [-0.25, -0.2) is 0 Å². The largest absolute Gasteiger partial charge is 0.490 e. The first-order valence-corrected chi connectivity index (χ1v) is 6.63. The third-order valence-corrected chi connectivity index (χ3v) is 2.91. The van der Waals surface area contributed by atoms with Crippen molar-refractivity contribution in [1.29, 1.82) is 0 Å². The van der Waals surface area contributed by atoms with E-state index >= 15 is 0 Å². The highest BCUT2D eigenvalue weighted by atomic mass is 35.5. The Labute approximate surface area is 116 Å². The minimum Gasteiger partial charge on any atom is -0.490 e. The van der Waals surface area contributed by atoms with Crippen molar-refractivity contribution < 1.29 is 19.1 Å². The van der Waals surface area contributed by atoms with Crippen LogP contribution in [0.1, 0.15) is 36.5 Å². The minimum absolute atomic E-state index is 0.176. The van der Waals surface area contributed by atoms with Gasteiger partial charge in [-0.1, -0.05) is 11.6 Å². The standard InChI is InChI=1S/C14H15ClO4/c1-2-18-14(17)8-12(16)11-7-9(15)3-6-13(11)19-10-4-5-10/h3,6-7,10H,2,4-5,8H2,1H3. The van der Waals surface area contributed by atoms with Gasteiger partial charge < -0.3 is 9.47 Å². The van der Waals surface area contributed by atoms with Crippen molar-refractivity contribution in [2.75, 3.05) is 6.61 Å². The van der Waals surface area contributed by atoms with E-state index in [9.17, 15) is 9.59 Å². The molecule has 0 atom stereocenters. The molecule has 0 spiro atoms. The second-order valence-corrected chi connectivity index (χ2v) is 4.80. The van der Waals surface area contributed by atoms with Crippen molar-refractivity contribution in [3.8, 4) is 5.75 Å². The number of benzene rings is 1. The van der Waals surface area contributed by atoms with Gasteiger partial charge in [-0.05, 0) is 38.0 Å². The number of hydrogen-bond acceptors (Lipinski definition) is 4. The highest BCUT2D eigenvalue weighted by molar-refractivity contribution is 6.31. The lowest BCUT2D eigenvalue weighted by atomic mass is 10.1. The fraction of sp³-hybridized carbons (Fsp3) is 0.429. The molecule has 4 nitrogen and oxygen atoms in total. The molecule has 5 heteroatoms. The Morgan fingerprint density at radius 3 is 2.74 bits per heavy atom. The number of ketones is 1. The van der Waals surface area contributed by atoms with E-state index in [4.69, 9.17) is 21.1 Å². The molecule has 1 aromatic carbocycles. The second-order valence-electron chi connectivity index (χ2n) is 4.36. The molecule has 1 aliphatic rings. The maximum Gasteiger partial charge on any atom is 0.313 e. The van der Waals surface area contributed by atoms with Gasteiger partial charge in [-0.3, -0.25) is 9.59 Å². The van der Waals surface area contributed by atoms with Crippen molar-refractivity contribution in [1.82, 2.24) is 0 Å². The second kappa shape index (κ2) is 6.06. The maximum atomic E-state index is 12.1. The Hall–Kier alpha value is -1.55. The van der Waals surface area contributed by atoms with Gasteiger partial charge in [0.05, 0.1) is 18.3 Å². The van der Waals surface area contributed by atoms with E-state index in [-0.39, 0.29) is 24.9 Å². The first-order chi connectivity index (χ1) is 9.10. The van der Waals surface area contributed by atoms with Crippen molar-refractivity contribution in [2.45, 2.75) is 32.3 Å². The Morgan fingerprint density at radius 2 is 2.11 bits per heavy atom. The predicted octanol–water partition coefficient (Wildman–Crippen LogP) is 3.02. The molecule has 1 aliphatic carbocycles. The van der Waals surface area contributed by atoms with E-state index in [1.54, 1.807) is 19.1 Å². The molecular weight excluding hydrogens is 268 g/mol. The minimum atomic E-state index is -0.537. The molecule has 0 bridgehead atoms. The van der Waals surface area contributed by atoms with Crippen molar-refractivity contribution in [3.63, 3.8) is 0 Å². The molecule has 0 aromatic heterocycles. The first-order valence-electron chi connectivity index (χ1n) is 6.25. The maximum absolute atomic E-state index is 12.1. The lowest BCUT2D eigenvalue weighted by Crippen LogP contribution is -2.13. The monoisotopic (exact) mass is 282 g/mol. The number of ether oxygens (including phenoxy) is 2. The van der Waals surface area contributed by atoms with Crippen LogP contribution in [0.3, 0.4) is 0 Å². The Balaban J connectivity index is 2.13. The van der Waals surface area contributed by atoms with E-state index in [1.165, 1.54) is 6.07 Å². The molecule has 0 aliphatic heterocycles. The molecule has 1 fully saturated rings. The summed E-state index contributed by atoms with van der Waals surface area (Å²) < 4.78 is 10.4. The van der Waals surface area contributed by atoms with Gasteiger partial charge in [0.25, 0.3) is 0 Å². The Morgan fingerprint density at radius 1 is 1.37 bits per heavy atom. The van der Waals surface area contributed by atoms with E-state index < -0.39 is 5.97 Å². The normalized spacial score (nSPS) is 14.0. The van der Waals surface area contributed by atoms with Gasteiger partial charge in [0, 0.05) is 5.02 Å². The smallest absolute Gasteiger partial charge is 0.313 e. The molecular formula is C14H15ClO4. The molecule has 1 aromatic rings. The zero-order valence-corrected chi connectivity index (χ0v) is 11.4. The summed E-state index contributed by atoms with van der Waals surface area (Å²) in [6, 6.07) is 4.86. The van der Waals surface area contributed by atoms with Crippen LogP contribution in [0.5, 0.6) is 5.75 Å². The zero-order valence-electron chi connectivity index (χ0n) is 10.6. The lowest BCUT2D eigenvalue weighted by molar-refractivity contribution is -0.141. The summed E-state index contributed by atoms with van der Waals surface area (Å²) in [6.07, 6.45) is 1.87. The van der Waals surface area contributed by atoms with E-state index in [2.05, 4.69) is 0 Å². The van der Waals surface area contributed by atoms with E-state index in [0.717, 1.165) is 12.8 Å². The summed E-state index contributed by atoms with van der Waals surface area (Å²) in [5, 5.41) is 0.440. The number of halogens is 1. The van der Waals surface area contributed by atoms with Crippen LogP contribution in [-0.4, -0.2) is 24.5 Å². The molecule has 0 unspecified atom stereocenters. The highest BCUT2D eigenvalue weighted by Gasteiger charge is 2.26. The zero-order chi connectivity index (χ0) is 13.8. The number of hydrogen-bond donors (Lipinski definition) is 0. The van der Waals surface area contributed by atoms with Crippen LogP contribution in [0.4, 0.5) is 0 Å². The van der Waals surface area contributed by atoms with Crippen LogP contribution in [0.2, 0.25) is 5.02 Å². The van der Waals surface area contributed by atoms with Gasteiger partial charge in [-0.2, -0.15) is 0 Å². The van der Waals surface area contributed by atoms with Gasteiger partial charge >= 0.3 is 5.97 Å². The van der Waals surface area contributed by atoms with E-state index in [1.807, 2.05) is 0 Å². The molecule has 1 saturated carbocycles. The van der Waals surface area contributed by atoms with Gasteiger partial charge in [0.2, 0.25) is 0 Å². The third-order valence-electron chi connectivity index (χ3n) is 2.67. The van der Waals surface area contributed by atoms with Crippen LogP contribution >= 0.6 is 11.6 Å². The highest BCUT2D eigenvalue weighted by Crippen LogP contribution is 2.31. The Bertz CT molecular complexity index is 494. The molecule has 0 N–H and O–H groups in total. The summed E-state index contributed by atoms with van der Waals surface area (Å²) in [7, 11) is 0. The summed E-state index contributed by atoms with van der Waals surface area (Å²) in [4.78, 5) is 23.4. The van der Waals surface area contributed by atoms with Crippen LogP contribution in [0.25, 0.3) is 0 Å². The molecule has 0 heterocycles. The first kappa shape index (κ1) is 13.9. The van der Waals surface area contributed by atoms with Crippen LogP contribution in [0, 0.1) is 0 Å². The summed E-state index contributed by atoms with van der Waals surface area (Å²) >= 11 is 5.89. The van der Waals surface area contributed by atoms with Crippen LogP contribution in [0.15, 0.2) is 18.2 Å². The van der Waals surface area contributed by atoms with Crippen molar-refractivity contribution in [3.05, 3.63) is 28.8 Å². The number of Topliss-reactive ketones (excluding diaryl/α,β-unsaturated/α-hetero) is 1. The van der Waals surface area contributed by atoms with Gasteiger partial charge in [0.15, 0.2) is 5.78 Å². The SMILES string of the molecule is CCOC(=O)CC(=O)c1cc(Cl)ccc1OC1CC1.